The molecule has 0 unspecified atom stereocenters. The molecule has 2 saturated heterocycles. The minimum atomic E-state index is -0.550. The monoisotopic (exact) mass is 486 g/mol. The number of hydrogen-bond acceptors (Lipinski definition) is 9. The molecule has 3 heterocycles. The maximum atomic E-state index is 13.0. The van der Waals surface area contributed by atoms with E-state index < -0.39 is 11.6 Å². The van der Waals surface area contributed by atoms with E-state index >= 15 is 0 Å². The van der Waals surface area contributed by atoms with Crippen molar-refractivity contribution in [1.82, 2.24) is 19.6 Å². The molecule has 0 atom stereocenters. The molecule has 9 nitrogen and oxygen atoms in total. The van der Waals surface area contributed by atoms with Gasteiger partial charge in [-0.1, -0.05) is 0 Å². The van der Waals surface area contributed by atoms with Gasteiger partial charge in [0.05, 0.1) is 24.5 Å². The molecule has 4 rings (SSSR count). The van der Waals surface area contributed by atoms with Gasteiger partial charge >= 0.3 is 11.6 Å². The van der Waals surface area contributed by atoms with Gasteiger partial charge in [0.2, 0.25) is 0 Å². The molecule has 2 aromatic rings. The van der Waals surface area contributed by atoms with Gasteiger partial charge in [0.1, 0.15) is 11.3 Å². The Hall–Kier alpha value is -2.46. The molecule has 2 fully saturated rings. The number of nitrogens with zero attached hydrogens (tertiary/aromatic N) is 4. The molecule has 192 valence electrons. The summed E-state index contributed by atoms with van der Waals surface area (Å²) in [7, 11) is 5.54. The van der Waals surface area contributed by atoms with Crippen molar-refractivity contribution in [3.8, 4) is 5.75 Å². The fourth-order valence-corrected chi connectivity index (χ4v) is 5.12. The van der Waals surface area contributed by atoms with E-state index in [0.29, 0.717) is 29.6 Å². The predicted molar refractivity (Wildman–Crippen MR) is 135 cm³/mol. The summed E-state index contributed by atoms with van der Waals surface area (Å²) < 4.78 is 10.6. The van der Waals surface area contributed by atoms with E-state index in [1.165, 1.54) is 7.11 Å². The number of aromatic hydroxyl groups is 1. The van der Waals surface area contributed by atoms with Gasteiger partial charge < -0.3 is 24.1 Å². The summed E-state index contributed by atoms with van der Waals surface area (Å²) in [6.45, 7) is 12.7. The zero-order valence-corrected chi connectivity index (χ0v) is 21.6. The Morgan fingerprint density at radius 1 is 0.857 bits per heavy atom. The van der Waals surface area contributed by atoms with Gasteiger partial charge in [0.15, 0.2) is 0 Å². The van der Waals surface area contributed by atoms with Crippen molar-refractivity contribution in [2.24, 2.45) is 0 Å². The van der Waals surface area contributed by atoms with Crippen LogP contribution >= 0.6 is 0 Å². The lowest BCUT2D eigenvalue weighted by atomic mass is 9.92. The molecule has 0 radical (unpaired) electrons. The summed E-state index contributed by atoms with van der Waals surface area (Å²) in [5.41, 5.74) is 3.47. The summed E-state index contributed by atoms with van der Waals surface area (Å²) in [4.78, 5) is 34.3. The van der Waals surface area contributed by atoms with Crippen LogP contribution in [0.25, 0.3) is 11.0 Å². The van der Waals surface area contributed by atoms with Gasteiger partial charge in [-0.3, -0.25) is 14.6 Å². The Bertz CT molecular complexity index is 1150. The number of esters is 1. The van der Waals surface area contributed by atoms with Crippen molar-refractivity contribution < 1.29 is 19.1 Å². The first kappa shape index (κ1) is 25.6. The van der Waals surface area contributed by atoms with E-state index in [2.05, 4.69) is 33.7 Å². The summed E-state index contributed by atoms with van der Waals surface area (Å²) in [6, 6.07) is 0. The number of phenols is 1. The highest BCUT2D eigenvalue weighted by atomic mass is 16.5. The van der Waals surface area contributed by atoms with Crippen LogP contribution < -0.4 is 5.63 Å². The summed E-state index contributed by atoms with van der Waals surface area (Å²) in [5.74, 6) is -0.368. The highest BCUT2D eigenvalue weighted by molar-refractivity contribution is 5.93. The largest absolute Gasteiger partial charge is 0.507 e. The van der Waals surface area contributed by atoms with Crippen LogP contribution in [0.1, 0.15) is 27.8 Å². The molecular weight excluding hydrogens is 448 g/mol. The van der Waals surface area contributed by atoms with Crippen molar-refractivity contribution in [1.29, 1.82) is 0 Å². The highest BCUT2D eigenvalue weighted by Crippen LogP contribution is 2.39. The van der Waals surface area contributed by atoms with Gasteiger partial charge in [0, 0.05) is 76.6 Å². The maximum Gasteiger partial charge on any atom is 0.340 e. The third-order valence-electron chi connectivity index (χ3n) is 7.70. The van der Waals surface area contributed by atoms with E-state index in [4.69, 9.17) is 9.15 Å². The Balaban J connectivity index is 1.84. The van der Waals surface area contributed by atoms with Crippen molar-refractivity contribution in [3.05, 3.63) is 38.2 Å². The highest BCUT2D eigenvalue weighted by Gasteiger charge is 2.27. The molecule has 0 bridgehead atoms. The first-order valence-electron chi connectivity index (χ1n) is 12.4. The number of carbonyl (C=O) groups excluding carboxylic acids is 1. The van der Waals surface area contributed by atoms with Gasteiger partial charge in [0.25, 0.3) is 0 Å². The Kier molecular flexibility index (Phi) is 7.80. The van der Waals surface area contributed by atoms with Crippen LogP contribution in [-0.4, -0.2) is 104 Å². The van der Waals surface area contributed by atoms with Gasteiger partial charge in [-0.25, -0.2) is 4.79 Å². The molecule has 2 aliphatic rings. The quantitative estimate of drug-likeness (QED) is 0.480. The normalized spacial score (nSPS) is 18.9. The second kappa shape index (κ2) is 10.7. The lowest BCUT2D eigenvalue weighted by Gasteiger charge is -2.34. The van der Waals surface area contributed by atoms with E-state index in [1.807, 2.05) is 6.92 Å². The smallest absolute Gasteiger partial charge is 0.340 e. The van der Waals surface area contributed by atoms with Gasteiger partial charge in [-0.05, 0) is 39.1 Å². The average molecular weight is 487 g/mol. The lowest BCUT2D eigenvalue weighted by molar-refractivity contribution is -0.139. The van der Waals surface area contributed by atoms with Crippen LogP contribution in [0.2, 0.25) is 0 Å². The first-order valence-corrected chi connectivity index (χ1v) is 12.4. The van der Waals surface area contributed by atoms with Crippen molar-refractivity contribution in [2.75, 3.05) is 73.6 Å². The van der Waals surface area contributed by atoms with Crippen LogP contribution in [0.5, 0.6) is 5.75 Å². The van der Waals surface area contributed by atoms with E-state index in [9.17, 15) is 14.7 Å². The zero-order valence-electron chi connectivity index (χ0n) is 21.6. The number of ether oxygens (including phenoxy) is 1. The second-order valence-electron chi connectivity index (χ2n) is 10.0. The van der Waals surface area contributed by atoms with Crippen LogP contribution in [0.4, 0.5) is 0 Å². The Morgan fingerprint density at radius 2 is 1.37 bits per heavy atom. The molecule has 1 aromatic carbocycles. The molecular formula is C26H38N4O5. The van der Waals surface area contributed by atoms with Crippen LogP contribution in [-0.2, 0) is 29.0 Å². The third-order valence-corrected chi connectivity index (χ3v) is 7.70. The molecule has 1 aromatic heterocycles. The zero-order chi connectivity index (χ0) is 25.3. The second-order valence-corrected chi connectivity index (χ2v) is 10.0. The van der Waals surface area contributed by atoms with E-state index in [0.717, 1.165) is 69.0 Å². The molecule has 0 amide bonds. The minimum Gasteiger partial charge on any atom is -0.507 e. The Morgan fingerprint density at radius 3 is 1.89 bits per heavy atom. The van der Waals surface area contributed by atoms with Crippen molar-refractivity contribution in [2.45, 2.75) is 33.4 Å². The van der Waals surface area contributed by atoms with Gasteiger partial charge in [-0.15, -0.1) is 0 Å². The van der Waals surface area contributed by atoms with Gasteiger partial charge in [-0.2, -0.15) is 0 Å². The number of rotatable bonds is 6. The number of hydrogen-bond donors (Lipinski definition) is 1. The topological polar surface area (TPSA) is 89.7 Å². The molecule has 1 N–H and O–H groups in total. The number of aryl methyl sites for hydroxylation is 1. The third kappa shape index (κ3) is 5.38. The number of piperazine rings is 2. The number of likely N-dealkylation sites (N-methyl/N-ethyl adjacent to an activating group) is 2. The maximum absolute atomic E-state index is 13.0. The van der Waals surface area contributed by atoms with Crippen LogP contribution in [0.15, 0.2) is 9.21 Å². The molecule has 0 spiro atoms. The summed E-state index contributed by atoms with van der Waals surface area (Å²) in [6.07, 6.45) is -0.185. The number of benzene rings is 1. The SMILES string of the molecule is COC(=O)Cc1c(C)c2c(O)c(CN3CCN(C)CC3)c(C)c(CN3CCN(C)CC3)c2oc1=O. The standard InChI is InChI=1S/C26H38N4O5/c1-17-20(15-29-10-6-27(3)7-11-29)24(32)23-18(2)19(14-22(31)34-5)26(33)35-25(23)21(17)16-30-12-8-28(4)9-13-30/h32H,6-16H2,1-5H3. The lowest BCUT2D eigenvalue weighted by Crippen LogP contribution is -2.44. The van der Waals surface area contributed by atoms with Crippen molar-refractivity contribution in [3.63, 3.8) is 0 Å². The number of fused-ring (bicyclic) bond motifs is 1. The number of carbonyl (C=O) groups is 1. The Labute approximate surface area is 206 Å². The molecule has 0 aliphatic carbocycles. The number of methoxy groups -OCH3 is 1. The molecule has 35 heavy (non-hydrogen) atoms. The molecule has 0 saturated carbocycles. The van der Waals surface area contributed by atoms with Crippen LogP contribution in [0, 0.1) is 13.8 Å². The predicted octanol–water partition coefficient (Wildman–Crippen LogP) is 1.33. The fourth-order valence-electron chi connectivity index (χ4n) is 5.12. The molecule has 9 heteroatoms. The summed E-state index contributed by atoms with van der Waals surface area (Å²) >= 11 is 0. The average Bonchev–Trinajstić information content (AvgIpc) is 2.84. The first-order chi connectivity index (χ1) is 16.7. The van der Waals surface area contributed by atoms with E-state index in [-0.39, 0.29) is 17.7 Å². The van der Waals surface area contributed by atoms with E-state index in [1.54, 1.807) is 6.92 Å². The minimum absolute atomic E-state index is 0.144. The van der Waals surface area contributed by atoms with Crippen molar-refractivity contribution >= 4 is 16.9 Å². The molecule has 2 aliphatic heterocycles. The van der Waals surface area contributed by atoms with Crippen LogP contribution in [0.3, 0.4) is 0 Å². The fraction of sp³-hybridized carbons (Fsp3) is 0.615. The number of phenolic OH excluding ortho intramolecular Hbond substituents is 1. The summed E-state index contributed by atoms with van der Waals surface area (Å²) in [5, 5.41) is 12.1.